The first-order valence-corrected chi connectivity index (χ1v) is 23.0. The average Bonchev–Trinajstić information content (AvgIpc) is 4.15. The van der Waals surface area contributed by atoms with Crippen LogP contribution in [0.4, 0.5) is 15.1 Å². The van der Waals surface area contributed by atoms with E-state index in [2.05, 4.69) is 57.7 Å². The molecular weight excluding hydrogens is 868 g/mol. The Hall–Kier alpha value is -4.64. The number of amides is 3. The molecule has 3 aliphatic rings. The van der Waals surface area contributed by atoms with E-state index in [-0.39, 0.29) is 53.1 Å². The largest absolute Gasteiger partial charge is 0.443 e. The molecule has 65 heavy (non-hydrogen) atoms. The third-order valence-electron chi connectivity index (χ3n) is 11.7. The highest BCUT2D eigenvalue weighted by Crippen LogP contribution is 2.59. The number of epoxide rings is 2. The Morgan fingerprint density at radius 3 is 2.32 bits per heavy atom. The number of methoxy groups -OCH3 is 1. The lowest BCUT2D eigenvalue weighted by Gasteiger charge is -2.42. The number of alkyl carbamates (subject to hydrolysis) is 1. The fraction of sp³-hybridized carbons (Fsp3) is 0.636. The van der Waals surface area contributed by atoms with E-state index in [0.717, 1.165) is 30.2 Å². The highest BCUT2D eigenvalue weighted by atomic mass is 32.2. The van der Waals surface area contributed by atoms with Gasteiger partial charge in [0, 0.05) is 46.1 Å². The van der Waals surface area contributed by atoms with Crippen molar-refractivity contribution in [1.82, 2.24) is 35.5 Å². The number of nitrogens with one attached hydrogen (secondary N) is 4. The molecule has 2 aliphatic heterocycles. The van der Waals surface area contributed by atoms with E-state index < -0.39 is 47.0 Å². The second kappa shape index (κ2) is 23.2. The van der Waals surface area contributed by atoms with Gasteiger partial charge in [0.2, 0.25) is 17.8 Å². The number of hydrogen-bond donors (Lipinski definition) is 5. The zero-order valence-corrected chi connectivity index (χ0v) is 38.6. The van der Waals surface area contributed by atoms with E-state index in [9.17, 15) is 23.6 Å². The summed E-state index contributed by atoms with van der Waals surface area (Å²) in [6, 6.07) is 4.95. The first-order valence-electron chi connectivity index (χ1n) is 22.1. The summed E-state index contributed by atoms with van der Waals surface area (Å²) in [5.41, 5.74) is 6.86. The van der Waals surface area contributed by atoms with E-state index in [4.69, 9.17) is 38.9 Å². The number of H-pyrrole nitrogens is 1. The third kappa shape index (κ3) is 13.7. The van der Waals surface area contributed by atoms with Crippen LogP contribution < -0.4 is 27.2 Å². The van der Waals surface area contributed by atoms with Crippen molar-refractivity contribution >= 4 is 46.8 Å². The molecule has 3 fully saturated rings. The second-order valence-electron chi connectivity index (χ2n) is 16.9. The number of rotatable bonds is 26. The summed E-state index contributed by atoms with van der Waals surface area (Å²) in [5.74, 6) is -1.22. The van der Waals surface area contributed by atoms with Crippen LogP contribution >= 0.6 is 11.8 Å². The standard InChI is InChI=1S/C44H63FN8O11S/c1-27(2)8-13-33-43(4,64-33)36-35(58-5)32(14-15-44(36)26-62-44)63-42(57)48-17-7-19-60-21-23-61-22-20-59-18-6-16-47-38(55)31(49-28(3)54)25-65-41-50-34-37(51-40(46)52-39(34)56)53(41)24-29-9-11-30(45)12-10-29/h8-12,31-33,35-36H,6-7,13-26H2,1-5H3,(H,47,55)(H,48,57)(H,49,54)(H3,46,51,52,56)/t31-,32+,33+,35+,36+,43-,44-/m0/s1. The molecule has 3 aromatic rings. The number of thioether (sulfide) groups is 1. The molecule has 6 rings (SSSR count). The van der Waals surface area contributed by atoms with E-state index >= 15 is 0 Å². The number of aromatic nitrogens is 4. The van der Waals surface area contributed by atoms with Crippen molar-refractivity contribution in [3.8, 4) is 0 Å². The van der Waals surface area contributed by atoms with Gasteiger partial charge < -0.3 is 54.8 Å². The molecule has 0 unspecified atom stereocenters. The number of nitrogens with two attached hydrogens (primary N) is 1. The minimum Gasteiger partial charge on any atom is -0.443 e. The quantitative estimate of drug-likeness (QED) is 0.0336. The molecule has 0 bridgehead atoms. The maximum absolute atomic E-state index is 13.6. The Morgan fingerprint density at radius 1 is 1.03 bits per heavy atom. The van der Waals surface area contributed by atoms with Crippen molar-refractivity contribution in [2.75, 3.05) is 77.9 Å². The number of benzene rings is 1. The van der Waals surface area contributed by atoms with Crippen molar-refractivity contribution in [2.45, 2.75) is 107 Å². The van der Waals surface area contributed by atoms with Crippen LogP contribution in [0.15, 0.2) is 45.9 Å². The number of allylic oxidation sites excluding steroid dienone is 1. The number of halogens is 1. The number of aromatic amines is 1. The Bertz CT molecular complexity index is 2170. The topological polar surface area (TPSA) is 248 Å². The lowest BCUT2D eigenvalue weighted by molar-refractivity contribution is -0.127. The number of nitrogens with zero attached hydrogens (tertiary/aromatic N) is 3. The summed E-state index contributed by atoms with van der Waals surface area (Å²) in [7, 11) is 1.66. The van der Waals surface area contributed by atoms with Crippen molar-refractivity contribution < 1.29 is 51.9 Å². The molecule has 0 radical (unpaired) electrons. The van der Waals surface area contributed by atoms with E-state index in [1.807, 2.05) is 0 Å². The highest BCUT2D eigenvalue weighted by molar-refractivity contribution is 7.99. The molecule has 2 aromatic heterocycles. The molecule has 1 spiro atoms. The van der Waals surface area contributed by atoms with Gasteiger partial charge in [0.1, 0.15) is 35.3 Å². The number of nitrogen functional groups attached to an aromatic ring is 1. The van der Waals surface area contributed by atoms with Gasteiger partial charge in [-0.2, -0.15) is 4.98 Å². The van der Waals surface area contributed by atoms with Crippen molar-refractivity contribution in [2.24, 2.45) is 5.92 Å². The number of carbonyl (C=O) groups excluding carboxylic acids is 3. The minimum atomic E-state index is -0.912. The van der Waals surface area contributed by atoms with Crippen molar-refractivity contribution in [1.29, 1.82) is 0 Å². The van der Waals surface area contributed by atoms with E-state index in [1.54, 1.807) is 23.8 Å². The van der Waals surface area contributed by atoms with E-state index in [0.29, 0.717) is 83.8 Å². The van der Waals surface area contributed by atoms with Crippen LogP contribution in [-0.2, 0) is 49.3 Å². The van der Waals surface area contributed by atoms with Gasteiger partial charge in [-0.3, -0.25) is 23.9 Å². The molecule has 2 saturated heterocycles. The number of ether oxygens (including phenoxy) is 7. The fourth-order valence-corrected chi connectivity index (χ4v) is 9.30. The van der Waals surface area contributed by atoms with Crippen molar-refractivity contribution in [3.05, 3.63) is 57.6 Å². The lowest BCUT2D eigenvalue weighted by Crippen LogP contribution is -2.56. The van der Waals surface area contributed by atoms with Crippen LogP contribution in [0.25, 0.3) is 11.2 Å². The van der Waals surface area contributed by atoms with Crippen LogP contribution in [0.5, 0.6) is 0 Å². The molecule has 358 valence electrons. The SMILES string of the molecule is CO[C@@H]1[C@H](OC(=O)NCCCOCCOCCOCCCNC(=O)[C@H](CSc2nc3c(=O)[nH]c(N)nc3n2Cc2ccc(F)cc2)NC(C)=O)CC[C@]2(CO2)[C@H]1[C@@]1(C)O[C@@H]1CC=C(C)C. The molecule has 6 N–H and O–H groups in total. The zero-order chi connectivity index (χ0) is 46.6. The molecular formula is C44H63FN8O11S. The maximum Gasteiger partial charge on any atom is 0.407 e. The minimum absolute atomic E-state index is 0.0382. The monoisotopic (exact) mass is 930 g/mol. The van der Waals surface area contributed by atoms with E-state index in [1.165, 1.54) is 24.6 Å². The summed E-state index contributed by atoms with van der Waals surface area (Å²) >= 11 is 1.15. The fourth-order valence-electron chi connectivity index (χ4n) is 8.28. The predicted octanol–water partition coefficient (Wildman–Crippen LogP) is 3.23. The number of fused-ring (bicyclic) bond motifs is 1. The summed E-state index contributed by atoms with van der Waals surface area (Å²) in [4.78, 5) is 61.7. The second-order valence-corrected chi connectivity index (χ2v) is 17.9. The number of anilines is 1. The van der Waals surface area contributed by atoms with Gasteiger partial charge in [-0.05, 0) is 70.6 Å². The van der Waals surface area contributed by atoms with Crippen LogP contribution in [0, 0.1) is 11.7 Å². The highest BCUT2D eigenvalue weighted by Gasteiger charge is 2.72. The smallest absolute Gasteiger partial charge is 0.407 e. The summed E-state index contributed by atoms with van der Waals surface area (Å²) in [6.45, 7) is 11.5. The van der Waals surface area contributed by atoms with Gasteiger partial charge >= 0.3 is 6.09 Å². The van der Waals surface area contributed by atoms with Gasteiger partial charge in [0.15, 0.2) is 16.3 Å². The van der Waals surface area contributed by atoms with Gasteiger partial charge in [-0.25, -0.2) is 14.2 Å². The van der Waals surface area contributed by atoms with Crippen LogP contribution in [0.2, 0.25) is 0 Å². The Kier molecular flexibility index (Phi) is 17.8. The number of hydrogen-bond acceptors (Lipinski definition) is 15. The van der Waals surface area contributed by atoms with Crippen LogP contribution in [0.3, 0.4) is 0 Å². The summed E-state index contributed by atoms with van der Waals surface area (Å²) < 4.78 is 56.2. The maximum atomic E-state index is 13.6. The first-order chi connectivity index (χ1) is 31.2. The van der Waals surface area contributed by atoms with Crippen LogP contribution in [-0.4, -0.2) is 145 Å². The number of imidazole rings is 1. The molecule has 7 atom stereocenters. The number of carbonyl (C=O) groups is 3. The lowest BCUT2D eigenvalue weighted by atomic mass is 9.68. The van der Waals surface area contributed by atoms with Gasteiger partial charge in [-0.15, -0.1) is 0 Å². The normalized spacial score (nSPS) is 23.8. The Labute approximate surface area is 381 Å². The summed E-state index contributed by atoms with van der Waals surface area (Å²) in [5, 5.41) is 8.69. The molecule has 1 saturated carbocycles. The molecule has 1 aliphatic carbocycles. The zero-order valence-electron chi connectivity index (χ0n) is 37.8. The van der Waals surface area contributed by atoms with Gasteiger partial charge in [0.25, 0.3) is 5.56 Å². The summed E-state index contributed by atoms with van der Waals surface area (Å²) in [6.07, 6.45) is 4.44. The third-order valence-corrected chi connectivity index (χ3v) is 12.7. The molecule has 4 heterocycles. The van der Waals surface area contributed by atoms with Gasteiger partial charge in [0.05, 0.1) is 51.6 Å². The van der Waals surface area contributed by atoms with Crippen LogP contribution in [0.1, 0.15) is 65.4 Å². The van der Waals surface area contributed by atoms with Gasteiger partial charge in [-0.1, -0.05) is 35.5 Å². The average molecular weight is 931 g/mol. The molecule has 19 nitrogen and oxygen atoms in total. The predicted molar refractivity (Wildman–Crippen MR) is 239 cm³/mol. The molecule has 1 aromatic carbocycles. The van der Waals surface area contributed by atoms with Crippen molar-refractivity contribution in [3.63, 3.8) is 0 Å². The molecule has 21 heteroatoms. The first kappa shape index (κ1) is 49.8. The molecule has 3 amide bonds. The Morgan fingerprint density at radius 2 is 1.69 bits per heavy atom. The Balaban J connectivity index is 0.803.